The van der Waals surface area contributed by atoms with Crippen LogP contribution in [0.4, 0.5) is 11.4 Å². The molecule has 0 aromatic heterocycles. The van der Waals surface area contributed by atoms with E-state index in [4.69, 9.17) is 4.74 Å². The van der Waals surface area contributed by atoms with Crippen LogP contribution >= 0.6 is 0 Å². The van der Waals surface area contributed by atoms with E-state index in [0.717, 1.165) is 0 Å². The second-order valence-corrected chi connectivity index (χ2v) is 8.85. The van der Waals surface area contributed by atoms with Gasteiger partial charge in [-0.25, -0.2) is 8.42 Å². The Morgan fingerprint density at radius 2 is 1.79 bits per heavy atom. The summed E-state index contributed by atoms with van der Waals surface area (Å²) in [6.07, 6.45) is 0.394. The van der Waals surface area contributed by atoms with Crippen molar-refractivity contribution in [1.29, 1.82) is 0 Å². The van der Waals surface area contributed by atoms with Gasteiger partial charge in [0, 0.05) is 12.6 Å². The summed E-state index contributed by atoms with van der Waals surface area (Å²) >= 11 is 0. The van der Waals surface area contributed by atoms with E-state index >= 15 is 0 Å². The summed E-state index contributed by atoms with van der Waals surface area (Å²) < 4.78 is 29.5. The van der Waals surface area contributed by atoms with E-state index in [1.165, 1.54) is 11.8 Å². The van der Waals surface area contributed by atoms with Gasteiger partial charge in [-0.15, -0.1) is 0 Å². The highest BCUT2D eigenvalue weighted by molar-refractivity contribution is 7.91. The Balaban J connectivity index is 1.78. The SMILES string of the molecule is CC(=O)Nc1ccccc1OCC(=O)N(c1ccccc1)[C@@H]1CCS(=O)(=O)C1. The Labute approximate surface area is 164 Å². The largest absolute Gasteiger partial charge is 0.482 e. The zero-order valence-electron chi connectivity index (χ0n) is 15.5. The topological polar surface area (TPSA) is 92.8 Å². The van der Waals surface area contributed by atoms with Crippen LogP contribution < -0.4 is 15.0 Å². The van der Waals surface area contributed by atoms with E-state index in [1.807, 2.05) is 6.07 Å². The lowest BCUT2D eigenvalue weighted by Gasteiger charge is -2.28. The minimum atomic E-state index is -3.15. The van der Waals surface area contributed by atoms with Crippen molar-refractivity contribution in [3.8, 4) is 5.75 Å². The highest BCUT2D eigenvalue weighted by Gasteiger charge is 2.35. The number of rotatable bonds is 6. The molecule has 0 bridgehead atoms. The summed E-state index contributed by atoms with van der Waals surface area (Å²) in [5.74, 6) is -0.204. The summed E-state index contributed by atoms with van der Waals surface area (Å²) in [4.78, 5) is 25.8. The molecule has 1 atom stereocenters. The molecule has 28 heavy (non-hydrogen) atoms. The van der Waals surface area contributed by atoms with Crippen LogP contribution in [0.15, 0.2) is 54.6 Å². The number of hydrogen-bond acceptors (Lipinski definition) is 5. The van der Waals surface area contributed by atoms with Crippen molar-refractivity contribution in [2.45, 2.75) is 19.4 Å². The Bertz CT molecular complexity index is 960. The first-order valence-electron chi connectivity index (χ1n) is 8.93. The molecule has 7 nitrogen and oxygen atoms in total. The van der Waals surface area contributed by atoms with Crippen LogP contribution in [0, 0.1) is 0 Å². The predicted molar refractivity (Wildman–Crippen MR) is 107 cm³/mol. The van der Waals surface area contributed by atoms with Gasteiger partial charge in [0.25, 0.3) is 5.91 Å². The van der Waals surface area contributed by atoms with E-state index in [1.54, 1.807) is 48.5 Å². The smallest absolute Gasteiger partial charge is 0.265 e. The molecule has 0 unspecified atom stereocenters. The van der Waals surface area contributed by atoms with Gasteiger partial charge in [0.05, 0.1) is 23.2 Å². The number of benzene rings is 2. The second-order valence-electron chi connectivity index (χ2n) is 6.62. The fraction of sp³-hybridized carbons (Fsp3) is 0.300. The average Bonchev–Trinajstić information content (AvgIpc) is 3.01. The molecule has 8 heteroatoms. The number of para-hydroxylation sites is 3. The fourth-order valence-electron chi connectivity index (χ4n) is 3.22. The number of amides is 2. The highest BCUT2D eigenvalue weighted by Crippen LogP contribution is 2.26. The Hall–Kier alpha value is -2.87. The lowest BCUT2D eigenvalue weighted by Crippen LogP contribution is -2.43. The fourth-order valence-corrected chi connectivity index (χ4v) is 4.92. The molecule has 1 fully saturated rings. The van der Waals surface area contributed by atoms with Crippen molar-refractivity contribution in [3.05, 3.63) is 54.6 Å². The molecule has 3 rings (SSSR count). The lowest BCUT2D eigenvalue weighted by atomic mass is 10.2. The first kappa shape index (κ1) is 19.9. The van der Waals surface area contributed by atoms with Crippen molar-refractivity contribution < 1.29 is 22.7 Å². The van der Waals surface area contributed by atoms with Gasteiger partial charge in [0.1, 0.15) is 5.75 Å². The second kappa shape index (κ2) is 8.43. The van der Waals surface area contributed by atoms with Gasteiger partial charge >= 0.3 is 0 Å². The minimum absolute atomic E-state index is 0.0594. The van der Waals surface area contributed by atoms with Gasteiger partial charge in [-0.3, -0.25) is 9.59 Å². The molecule has 0 radical (unpaired) electrons. The number of sulfone groups is 1. The van der Waals surface area contributed by atoms with Gasteiger partial charge in [-0.05, 0) is 30.7 Å². The van der Waals surface area contributed by atoms with E-state index in [0.29, 0.717) is 23.5 Å². The molecule has 2 aromatic rings. The van der Waals surface area contributed by atoms with Gasteiger partial charge in [-0.1, -0.05) is 30.3 Å². The maximum Gasteiger partial charge on any atom is 0.265 e. The molecule has 148 valence electrons. The van der Waals surface area contributed by atoms with Crippen LogP contribution in [-0.2, 0) is 19.4 Å². The monoisotopic (exact) mass is 402 g/mol. The van der Waals surface area contributed by atoms with Crippen molar-refractivity contribution in [2.75, 3.05) is 28.3 Å². The number of carbonyl (C=O) groups is 2. The average molecular weight is 402 g/mol. The van der Waals surface area contributed by atoms with E-state index in [2.05, 4.69) is 5.32 Å². The summed E-state index contributed by atoms with van der Waals surface area (Å²) in [6, 6.07) is 15.4. The molecule has 1 N–H and O–H groups in total. The summed E-state index contributed by atoms with van der Waals surface area (Å²) in [5.41, 5.74) is 1.10. The van der Waals surface area contributed by atoms with Crippen LogP contribution in [0.2, 0.25) is 0 Å². The van der Waals surface area contributed by atoms with E-state index in [9.17, 15) is 18.0 Å². The van der Waals surface area contributed by atoms with Crippen molar-refractivity contribution >= 4 is 33.0 Å². The number of ether oxygens (including phenoxy) is 1. The molecule has 0 aliphatic carbocycles. The third-order valence-electron chi connectivity index (χ3n) is 4.43. The summed E-state index contributed by atoms with van der Waals surface area (Å²) in [6.45, 7) is 1.11. The number of nitrogens with zero attached hydrogens (tertiary/aromatic N) is 1. The third kappa shape index (κ3) is 4.89. The molecule has 1 heterocycles. The zero-order valence-corrected chi connectivity index (χ0v) is 16.3. The maximum atomic E-state index is 13.0. The van der Waals surface area contributed by atoms with Crippen molar-refractivity contribution in [2.24, 2.45) is 0 Å². The van der Waals surface area contributed by atoms with E-state index < -0.39 is 15.9 Å². The zero-order chi connectivity index (χ0) is 20.1. The van der Waals surface area contributed by atoms with Gasteiger partial charge in [0.15, 0.2) is 16.4 Å². The minimum Gasteiger partial charge on any atom is -0.482 e. The van der Waals surface area contributed by atoms with Gasteiger partial charge in [0.2, 0.25) is 5.91 Å². The maximum absolute atomic E-state index is 13.0. The van der Waals surface area contributed by atoms with Crippen LogP contribution in [0.25, 0.3) is 0 Å². The molecule has 1 aliphatic heterocycles. The predicted octanol–water partition coefficient (Wildman–Crippen LogP) is 2.24. The lowest BCUT2D eigenvalue weighted by molar-refractivity contribution is -0.121. The first-order valence-corrected chi connectivity index (χ1v) is 10.7. The van der Waals surface area contributed by atoms with E-state index in [-0.39, 0.29) is 29.9 Å². The van der Waals surface area contributed by atoms with Crippen molar-refractivity contribution in [1.82, 2.24) is 0 Å². The molecule has 2 aromatic carbocycles. The molecule has 2 amide bonds. The van der Waals surface area contributed by atoms with Crippen molar-refractivity contribution in [3.63, 3.8) is 0 Å². The number of nitrogens with one attached hydrogen (secondary N) is 1. The number of anilines is 2. The Morgan fingerprint density at radius 3 is 2.43 bits per heavy atom. The first-order chi connectivity index (χ1) is 13.4. The van der Waals surface area contributed by atoms with Crippen LogP contribution in [0.3, 0.4) is 0 Å². The van der Waals surface area contributed by atoms with Gasteiger partial charge in [-0.2, -0.15) is 0 Å². The van der Waals surface area contributed by atoms with Crippen LogP contribution in [0.5, 0.6) is 5.75 Å². The normalized spacial score (nSPS) is 17.7. The Morgan fingerprint density at radius 1 is 1.11 bits per heavy atom. The molecule has 0 saturated carbocycles. The molecule has 1 aliphatic rings. The quantitative estimate of drug-likeness (QED) is 0.800. The molecule has 0 spiro atoms. The highest BCUT2D eigenvalue weighted by atomic mass is 32.2. The molecular weight excluding hydrogens is 380 g/mol. The van der Waals surface area contributed by atoms with Gasteiger partial charge < -0.3 is 15.0 Å². The van der Waals surface area contributed by atoms with Crippen LogP contribution in [0.1, 0.15) is 13.3 Å². The third-order valence-corrected chi connectivity index (χ3v) is 6.18. The number of carbonyl (C=O) groups excluding carboxylic acids is 2. The molecule has 1 saturated heterocycles. The standard InChI is InChI=1S/C20H22N2O5S/c1-15(23)21-18-9-5-6-10-19(18)27-13-20(24)22(16-7-3-2-4-8-16)17-11-12-28(25,26)14-17/h2-10,17H,11-14H2,1H3,(H,21,23)/t17-/m1/s1. The Kier molecular flexibility index (Phi) is 5.99. The van der Waals surface area contributed by atoms with Crippen LogP contribution in [-0.4, -0.2) is 44.4 Å². The number of hydrogen-bond donors (Lipinski definition) is 1. The molecular formula is C20H22N2O5S. The summed E-state index contributed by atoms with van der Waals surface area (Å²) in [5, 5.41) is 2.66. The summed E-state index contributed by atoms with van der Waals surface area (Å²) in [7, 11) is -3.15.